The molecule has 4 rings (SSSR count). The Labute approximate surface area is 163 Å². The number of aromatic nitrogens is 4. The molecule has 1 amide bonds. The predicted octanol–water partition coefficient (Wildman–Crippen LogP) is 4.32. The quantitative estimate of drug-likeness (QED) is 0.562. The van der Waals surface area contributed by atoms with E-state index in [1.807, 2.05) is 42.8 Å². The Balaban J connectivity index is 1.58. The molecular weight excluding hydrogens is 354 g/mol. The highest BCUT2D eigenvalue weighted by atomic mass is 16.3. The lowest BCUT2D eigenvalue weighted by Gasteiger charge is -2.09. The highest BCUT2D eigenvalue weighted by Crippen LogP contribution is 2.22. The molecule has 1 N–H and O–H groups in total. The topological polar surface area (TPSA) is 77.9 Å². The number of carbonyl (C=O) groups is 1. The number of hydrogen-bond donors (Lipinski definition) is 1. The van der Waals surface area contributed by atoms with Gasteiger partial charge >= 0.3 is 0 Å². The summed E-state index contributed by atoms with van der Waals surface area (Å²) >= 11 is 0. The van der Waals surface area contributed by atoms with E-state index in [2.05, 4.69) is 33.8 Å². The Morgan fingerprint density at radius 2 is 2.07 bits per heavy atom. The van der Waals surface area contributed by atoms with E-state index in [1.165, 1.54) is 0 Å². The molecule has 0 saturated heterocycles. The zero-order valence-corrected chi connectivity index (χ0v) is 16.4. The molecule has 0 spiro atoms. The number of hydrogen-bond acceptors (Lipinski definition) is 4. The number of rotatable bonds is 5. The predicted molar refractivity (Wildman–Crippen MR) is 108 cm³/mol. The third-order valence-corrected chi connectivity index (χ3v) is 4.89. The van der Waals surface area contributed by atoms with E-state index in [0.717, 1.165) is 28.2 Å². The molecule has 144 valence electrons. The van der Waals surface area contributed by atoms with Crippen LogP contribution in [0.1, 0.15) is 47.4 Å². The summed E-state index contributed by atoms with van der Waals surface area (Å²) in [5.41, 5.74) is 4.00. The molecule has 28 heavy (non-hydrogen) atoms. The van der Waals surface area contributed by atoms with Crippen LogP contribution in [0, 0.1) is 13.8 Å². The zero-order chi connectivity index (χ0) is 19.8. The van der Waals surface area contributed by atoms with Crippen LogP contribution < -0.4 is 5.32 Å². The van der Waals surface area contributed by atoms with Gasteiger partial charge in [-0.15, -0.1) is 0 Å². The molecule has 4 heterocycles. The van der Waals surface area contributed by atoms with Crippen LogP contribution >= 0.6 is 0 Å². The number of carbonyl (C=O) groups excluding carboxylic acids is 1. The molecule has 4 aromatic rings. The van der Waals surface area contributed by atoms with Gasteiger partial charge in [-0.25, -0.2) is 9.67 Å². The van der Waals surface area contributed by atoms with Crippen LogP contribution in [0.2, 0.25) is 0 Å². The maximum atomic E-state index is 12.9. The molecule has 0 aromatic carbocycles. The summed E-state index contributed by atoms with van der Waals surface area (Å²) in [6.07, 6.45) is 5.09. The van der Waals surface area contributed by atoms with Gasteiger partial charge in [-0.3, -0.25) is 4.79 Å². The molecule has 4 aromatic heterocycles. The lowest BCUT2D eigenvalue weighted by molar-refractivity contribution is 0.102. The molecule has 7 nitrogen and oxygen atoms in total. The summed E-state index contributed by atoms with van der Waals surface area (Å²) < 4.78 is 9.37. The number of nitrogens with one attached hydrogen (secondary N) is 1. The first-order chi connectivity index (χ1) is 13.4. The zero-order valence-electron chi connectivity index (χ0n) is 16.4. The lowest BCUT2D eigenvalue weighted by Crippen LogP contribution is -2.14. The van der Waals surface area contributed by atoms with Gasteiger partial charge in [0.15, 0.2) is 5.65 Å². The third-order valence-electron chi connectivity index (χ3n) is 4.89. The van der Waals surface area contributed by atoms with Crippen molar-refractivity contribution in [1.82, 2.24) is 19.3 Å². The van der Waals surface area contributed by atoms with Gasteiger partial charge in [0.1, 0.15) is 5.76 Å². The molecule has 0 unspecified atom stereocenters. The second-order valence-corrected chi connectivity index (χ2v) is 7.22. The van der Waals surface area contributed by atoms with Crippen molar-refractivity contribution in [2.45, 2.75) is 40.3 Å². The summed E-state index contributed by atoms with van der Waals surface area (Å²) in [5, 5.41) is 8.22. The van der Waals surface area contributed by atoms with Crippen molar-refractivity contribution in [3.8, 4) is 0 Å². The third kappa shape index (κ3) is 3.19. The van der Waals surface area contributed by atoms with Gasteiger partial charge in [0.2, 0.25) is 0 Å². The van der Waals surface area contributed by atoms with Crippen LogP contribution in [-0.4, -0.2) is 25.2 Å². The van der Waals surface area contributed by atoms with Crippen LogP contribution in [0.15, 0.2) is 47.3 Å². The number of furan rings is 1. The SMILES string of the molecule is Cc1cc(C(=O)Nc2cnc3c(cnn3C(C)C)c2)c(C)n1Cc1ccco1. The van der Waals surface area contributed by atoms with Gasteiger partial charge in [0, 0.05) is 22.8 Å². The van der Waals surface area contributed by atoms with Crippen LogP contribution in [0.5, 0.6) is 0 Å². The van der Waals surface area contributed by atoms with Crippen LogP contribution in [-0.2, 0) is 6.54 Å². The Bertz CT molecular complexity index is 1140. The van der Waals surface area contributed by atoms with Gasteiger partial charge in [-0.05, 0) is 52.0 Å². The molecule has 0 aliphatic carbocycles. The summed E-state index contributed by atoms with van der Waals surface area (Å²) in [6.45, 7) is 8.64. The first-order valence-electron chi connectivity index (χ1n) is 9.27. The maximum absolute atomic E-state index is 12.9. The summed E-state index contributed by atoms with van der Waals surface area (Å²) in [5.74, 6) is 0.696. The van der Waals surface area contributed by atoms with Crippen molar-refractivity contribution in [3.63, 3.8) is 0 Å². The second kappa shape index (κ2) is 6.99. The van der Waals surface area contributed by atoms with Gasteiger partial charge < -0.3 is 14.3 Å². The monoisotopic (exact) mass is 377 g/mol. The van der Waals surface area contributed by atoms with Crippen molar-refractivity contribution in [2.75, 3.05) is 5.32 Å². The van der Waals surface area contributed by atoms with Gasteiger partial charge in [-0.2, -0.15) is 5.10 Å². The molecule has 0 atom stereocenters. The van der Waals surface area contributed by atoms with E-state index >= 15 is 0 Å². The number of aryl methyl sites for hydroxylation is 1. The number of amides is 1. The van der Waals surface area contributed by atoms with Gasteiger partial charge in [0.05, 0.1) is 36.5 Å². The lowest BCUT2D eigenvalue weighted by atomic mass is 10.2. The molecule has 0 aliphatic rings. The summed E-state index contributed by atoms with van der Waals surface area (Å²) in [6, 6.07) is 7.81. The van der Waals surface area contributed by atoms with E-state index in [1.54, 1.807) is 18.7 Å². The minimum Gasteiger partial charge on any atom is -0.467 e. The van der Waals surface area contributed by atoms with Crippen LogP contribution in [0.4, 0.5) is 5.69 Å². The van der Waals surface area contributed by atoms with E-state index < -0.39 is 0 Å². The molecular formula is C21H23N5O2. The van der Waals surface area contributed by atoms with E-state index in [9.17, 15) is 4.79 Å². The molecule has 0 saturated carbocycles. The van der Waals surface area contributed by atoms with E-state index in [4.69, 9.17) is 4.42 Å². The van der Waals surface area contributed by atoms with E-state index in [-0.39, 0.29) is 11.9 Å². The first kappa shape index (κ1) is 18.0. The fraction of sp³-hybridized carbons (Fsp3) is 0.286. The highest BCUT2D eigenvalue weighted by molar-refractivity contribution is 6.05. The van der Waals surface area contributed by atoms with Gasteiger partial charge in [0.25, 0.3) is 5.91 Å². The number of pyridine rings is 1. The minimum absolute atomic E-state index is 0.156. The number of anilines is 1. The van der Waals surface area contributed by atoms with Crippen molar-refractivity contribution in [2.24, 2.45) is 0 Å². The Kier molecular flexibility index (Phi) is 4.50. The fourth-order valence-corrected chi connectivity index (χ4v) is 3.42. The number of fused-ring (bicyclic) bond motifs is 1. The van der Waals surface area contributed by atoms with Crippen molar-refractivity contribution in [1.29, 1.82) is 0 Å². The Morgan fingerprint density at radius 3 is 2.79 bits per heavy atom. The number of nitrogens with zero attached hydrogens (tertiary/aromatic N) is 4. The largest absolute Gasteiger partial charge is 0.467 e. The van der Waals surface area contributed by atoms with E-state index in [0.29, 0.717) is 17.8 Å². The molecule has 0 radical (unpaired) electrons. The van der Waals surface area contributed by atoms with Crippen molar-refractivity contribution in [3.05, 3.63) is 65.6 Å². The molecule has 0 bridgehead atoms. The average molecular weight is 377 g/mol. The van der Waals surface area contributed by atoms with Crippen LogP contribution in [0.25, 0.3) is 11.0 Å². The second-order valence-electron chi connectivity index (χ2n) is 7.22. The smallest absolute Gasteiger partial charge is 0.257 e. The molecule has 0 aliphatic heterocycles. The van der Waals surface area contributed by atoms with Crippen LogP contribution in [0.3, 0.4) is 0 Å². The molecule has 0 fully saturated rings. The van der Waals surface area contributed by atoms with Gasteiger partial charge in [-0.1, -0.05) is 0 Å². The average Bonchev–Trinajstić information content (AvgIpc) is 3.37. The van der Waals surface area contributed by atoms with Crippen molar-refractivity contribution >= 4 is 22.6 Å². The molecule has 7 heteroatoms. The normalized spacial score (nSPS) is 11.5. The summed E-state index contributed by atoms with van der Waals surface area (Å²) in [7, 11) is 0. The fourth-order valence-electron chi connectivity index (χ4n) is 3.42. The Hall–Kier alpha value is -3.35. The summed E-state index contributed by atoms with van der Waals surface area (Å²) in [4.78, 5) is 17.3. The minimum atomic E-state index is -0.156. The highest BCUT2D eigenvalue weighted by Gasteiger charge is 2.17. The standard InChI is InChI=1S/C21H23N5O2/c1-13(2)26-20-16(10-23-26)9-17(11-22-20)24-21(27)19-8-14(3)25(15(19)4)12-18-6-5-7-28-18/h5-11,13H,12H2,1-4H3,(H,24,27). The maximum Gasteiger partial charge on any atom is 0.257 e. The van der Waals surface area contributed by atoms with Crippen molar-refractivity contribution < 1.29 is 9.21 Å². The Morgan fingerprint density at radius 1 is 1.25 bits per heavy atom. The first-order valence-corrected chi connectivity index (χ1v) is 9.27.